The second-order valence-corrected chi connectivity index (χ2v) is 6.25. The minimum atomic E-state index is -0.558. The fourth-order valence-corrected chi connectivity index (χ4v) is 2.89. The van der Waals surface area contributed by atoms with Crippen LogP contribution in [0.15, 0.2) is 60.9 Å². The molecular formula is C19H17ClN4O3. The van der Waals surface area contributed by atoms with E-state index in [1.54, 1.807) is 6.20 Å². The molecule has 8 heteroatoms. The Balaban J connectivity index is 1.57. The lowest BCUT2D eigenvalue weighted by Crippen LogP contribution is -2.25. The van der Waals surface area contributed by atoms with E-state index in [9.17, 15) is 14.9 Å². The Hall–Kier alpha value is -3.19. The summed E-state index contributed by atoms with van der Waals surface area (Å²) < 4.78 is 2.02. The number of hydrogen-bond donors (Lipinski definition) is 1. The number of nitrogens with one attached hydrogen (secondary N) is 1. The number of nitro benzene ring substituents is 1. The van der Waals surface area contributed by atoms with Gasteiger partial charge in [-0.05, 0) is 12.5 Å². The van der Waals surface area contributed by atoms with Crippen molar-refractivity contribution in [3.8, 4) is 11.4 Å². The average molecular weight is 385 g/mol. The maximum absolute atomic E-state index is 12.3. The van der Waals surface area contributed by atoms with Crippen LogP contribution < -0.4 is 5.32 Å². The molecule has 1 heterocycles. The topological polar surface area (TPSA) is 90.1 Å². The number of carbonyl (C=O) groups is 1. The van der Waals surface area contributed by atoms with Crippen LogP contribution >= 0.6 is 11.6 Å². The largest absolute Gasteiger partial charge is 0.352 e. The summed E-state index contributed by atoms with van der Waals surface area (Å²) in [6.45, 7) is 1.08. The Labute approximate surface area is 160 Å². The molecule has 1 amide bonds. The average Bonchev–Trinajstić information content (AvgIpc) is 3.14. The normalized spacial score (nSPS) is 10.6. The standard InChI is InChI=1S/C19H17ClN4O3/c20-17-8-7-15(24(26)27)13-16(17)19(25)22-9-4-11-23-12-10-21-18(23)14-5-2-1-3-6-14/h1-3,5-8,10,12-13H,4,9,11H2,(H,22,25). The van der Waals surface area contributed by atoms with Crippen LogP contribution in [0.3, 0.4) is 0 Å². The van der Waals surface area contributed by atoms with Crippen molar-refractivity contribution in [2.45, 2.75) is 13.0 Å². The van der Waals surface area contributed by atoms with Gasteiger partial charge in [-0.1, -0.05) is 41.9 Å². The van der Waals surface area contributed by atoms with E-state index >= 15 is 0 Å². The van der Waals surface area contributed by atoms with Crippen LogP contribution in [0.1, 0.15) is 16.8 Å². The first-order valence-corrected chi connectivity index (χ1v) is 8.73. The number of carbonyl (C=O) groups excluding carboxylic acids is 1. The highest BCUT2D eigenvalue weighted by Crippen LogP contribution is 2.22. The number of hydrogen-bond acceptors (Lipinski definition) is 4. The Bertz CT molecular complexity index is 957. The van der Waals surface area contributed by atoms with E-state index in [1.807, 2.05) is 41.1 Å². The first-order chi connectivity index (χ1) is 13.1. The van der Waals surface area contributed by atoms with Crippen LogP contribution in [0.2, 0.25) is 5.02 Å². The highest BCUT2D eigenvalue weighted by molar-refractivity contribution is 6.33. The number of non-ortho nitro benzene ring substituents is 1. The minimum Gasteiger partial charge on any atom is -0.352 e. The van der Waals surface area contributed by atoms with Gasteiger partial charge in [-0.2, -0.15) is 0 Å². The molecule has 0 atom stereocenters. The van der Waals surface area contributed by atoms with Crippen molar-refractivity contribution in [1.82, 2.24) is 14.9 Å². The molecule has 0 saturated carbocycles. The smallest absolute Gasteiger partial charge is 0.270 e. The van der Waals surface area contributed by atoms with Crippen molar-refractivity contribution in [2.24, 2.45) is 0 Å². The number of aryl methyl sites for hydroxylation is 1. The molecular weight excluding hydrogens is 368 g/mol. The maximum atomic E-state index is 12.3. The molecule has 0 aliphatic rings. The number of nitro groups is 1. The maximum Gasteiger partial charge on any atom is 0.270 e. The summed E-state index contributed by atoms with van der Waals surface area (Å²) in [4.78, 5) is 26.9. The van der Waals surface area contributed by atoms with Crippen molar-refractivity contribution >= 4 is 23.2 Å². The van der Waals surface area contributed by atoms with Crippen LogP contribution in [-0.4, -0.2) is 26.9 Å². The van der Waals surface area contributed by atoms with Crippen molar-refractivity contribution < 1.29 is 9.72 Å². The predicted octanol–water partition coefficient (Wildman–Crippen LogP) is 3.93. The highest BCUT2D eigenvalue weighted by Gasteiger charge is 2.15. The molecule has 2 aromatic carbocycles. The van der Waals surface area contributed by atoms with E-state index in [0.29, 0.717) is 19.5 Å². The molecule has 0 aliphatic carbocycles. The van der Waals surface area contributed by atoms with Gasteiger partial charge in [0, 0.05) is 43.2 Å². The quantitative estimate of drug-likeness (QED) is 0.379. The summed E-state index contributed by atoms with van der Waals surface area (Å²) in [5.74, 6) is 0.432. The molecule has 0 unspecified atom stereocenters. The van der Waals surface area contributed by atoms with Gasteiger partial charge in [0.25, 0.3) is 11.6 Å². The first-order valence-electron chi connectivity index (χ1n) is 8.35. The SMILES string of the molecule is O=C(NCCCn1ccnc1-c1ccccc1)c1cc([N+](=O)[O-])ccc1Cl. The fourth-order valence-electron chi connectivity index (χ4n) is 2.68. The molecule has 3 aromatic rings. The van der Waals surface area contributed by atoms with E-state index in [1.165, 1.54) is 18.2 Å². The van der Waals surface area contributed by atoms with Gasteiger partial charge < -0.3 is 9.88 Å². The fraction of sp³-hybridized carbons (Fsp3) is 0.158. The highest BCUT2D eigenvalue weighted by atomic mass is 35.5. The molecule has 7 nitrogen and oxygen atoms in total. The molecule has 0 fully saturated rings. The van der Waals surface area contributed by atoms with Gasteiger partial charge in [-0.25, -0.2) is 4.98 Å². The summed E-state index contributed by atoms with van der Waals surface area (Å²) in [7, 11) is 0. The van der Waals surface area contributed by atoms with Gasteiger partial charge in [0.15, 0.2) is 0 Å². The molecule has 0 spiro atoms. The third-order valence-electron chi connectivity index (χ3n) is 4.01. The number of imidazole rings is 1. The van der Waals surface area contributed by atoms with Gasteiger partial charge in [0.05, 0.1) is 15.5 Å². The minimum absolute atomic E-state index is 0.0958. The molecule has 0 radical (unpaired) electrons. The number of benzene rings is 2. The molecule has 0 bridgehead atoms. The number of aromatic nitrogens is 2. The number of nitrogens with zero attached hydrogens (tertiary/aromatic N) is 3. The van der Waals surface area contributed by atoms with E-state index in [-0.39, 0.29) is 16.3 Å². The molecule has 1 N–H and O–H groups in total. The van der Waals surface area contributed by atoms with E-state index in [4.69, 9.17) is 11.6 Å². The zero-order valence-electron chi connectivity index (χ0n) is 14.3. The Morgan fingerprint density at radius 1 is 1.22 bits per heavy atom. The van der Waals surface area contributed by atoms with Crippen LogP contribution in [0, 0.1) is 10.1 Å². The summed E-state index contributed by atoms with van der Waals surface area (Å²) in [6, 6.07) is 13.6. The van der Waals surface area contributed by atoms with Crippen molar-refractivity contribution in [1.29, 1.82) is 0 Å². The summed E-state index contributed by atoms with van der Waals surface area (Å²) in [5.41, 5.74) is 0.948. The zero-order valence-corrected chi connectivity index (χ0v) is 15.1. The lowest BCUT2D eigenvalue weighted by Gasteiger charge is -2.09. The number of halogens is 1. The Kier molecular flexibility index (Phi) is 5.83. The van der Waals surface area contributed by atoms with Crippen molar-refractivity contribution in [2.75, 3.05) is 6.54 Å². The van der Waals surface area contributed by atoms with Crippen molar-refractivity contribution in [3.05, 3.63) is 81.6 Å². The Morgan fingerprint density at radius 2 is 2.00 bits per heavy atom. The van der Waals surface area contributed by atoms with E-state index < -0.39 is 10.8 Å². The van der Waals surface area contributed by atoms with Crippen LogP contribution in [0.5, 0.6) is 0 Å². The second kappa shape index (κ2) is 8.46. The summed E-state index contributed by atoms with van der Waals surface area (Å²) >= 11 is 5.98. The molecule has 3 rings (SSSR count). The van der Waals surface area contributed by atoms with E-state index in [2.05, 4.69) is 10.3 Å². The number of amides is 1. The van der Waals surface area contributed by atoms with Gasteiger partial charge in [-0.3, -0.25) is 14.9 Å². The lowest BCUT2D eigenvalue weighted by atomic mass is 10.2. The van der Waals surface area contributed by atoms with Crippen molar-refractivity contribution in [3.63, 3.8) is 0 Å². The third-order valence-corrected chi connectivity index (χ3v) is 4.34. The molecule has 138 valence electrons. The second-order valence-electron chi connectivity index (χ2n) is 5.84. The van der Waals surface area contributed by atoms with Gasteiger partial charge >= 0.3 is 0 Å². The van der Waals surface area contributed by atoms with Gasteiger partial charge in [0.1, 0.15) is 5.82 Å². The Morgan fingerprint density at radius 3 is 2.74 bits per heavy atom. The van der Waals surface area contributed by atoms with Crippen LogP contribution in [0.25, 0.3) is 11.4 Å². The predicted molar refractivity (Wildman–Crippen MR) is 103 cm³/mol. The van der Waals surface area contributed by atoms with Crippen LogP contribution in [0.4, 0.5) is 5.69 Å². The molecule has 0 aliphatic heterocycles. The lowest BCUT2D eigenvalue weighted by molar-refractivity contribution is -0.384. The first kappa shape index (κ1) is 18.6. The molecule has 0 saturated heterocycles. The third kappa shape index (κ3) is 4.51. The monoisotopic (exact) mass is 384 g/mol. The van der Waals surface area contributed by atoms with Gasteiger partial charge in [0.2, 0.25) is 0 Å². The summed E-state index contributed by atoms with van der Waals surface area (Å²) in [5, 5.41) is 13.8. The zero-order chi connectivity index (χ0) is 19.2. The summed E-state index contributed by atoms with van der Waals surface area (Å²) in [6.07, 6.45) is 4.31. The van der Waals surface area contributed by atoms with Gasteiger partial charge in [-0.15, -0.1) is 0 Å². The van der Waals surface area contributed by atoms with E-state index in [0.717, 1.165) is 11.4 Å². The van der Waals surface area contributed by atoms with Crippen LogP contribution in [-0.2, 0) is 6.54 Å². The molecule has 1 aromatic heterocycles. The number of rotatable bonds is 7. The molecule has 27 heavy (non-hydrogen) atoms.